The van der Waals surface area contributed by atoms with E-state index in [1.165, 1.54) is 0 Å². The number of carbonyl (C=O) groups is 2. The first kappa shape index (κ1) is 25.9. The van der Waals surface area contributed by atoms with Crippen molar-refractivity contribution in [2.75, 3.05) is 19.3 Å². The number of ether oxygens (including phenoxy) is 1. The molecule has 7 nitrogen and oxygen atoms in total. The molecule has 1 heterocycles. The van der Waals surface area contributed by atoms with Gasteiger partial charge < -0.3 is 24.3 Å². The van der Waals surface area contributed by atoms with Gasteiger partial charge in [-0.05, 0) is 69.7 Å². The highest BCUT2D eigenvalue weighted by atomic mass is 32.1. The van der Waals surface area contributed by atoms with Crippen LogP contribution in [-0.2, 0) is 25.4 Å². The number of carbonyl (C=O) groups excluding carboxylic acids is 2. The van der Waals surface area contributed by atoms with Gasteiger partial charge in [-0.2, -0.15) is 12.6 Å². The second-order valence-electron chi connectivity index (χ2n) is 10.1. The van der Waals surface area contributed by atoms with Crippen molar-refractivity contribution in [3.63, 3.8) is 0 Å². The molecule has 1 saturated carbocycles. The smallest absolute Gasteiger partial charge is 0.445 e. The molecule has 1 aliphatic heterocycles. The molecular formula is C24H37BN2O5S. The monoisotopic (exact) mass is 476 g/mol. The Morgan fingerprint density at radius 1 is 1.21 bits per heavy atom. The zero-order chi connectivity index (χ0) is 24.2. The highest BCUT2D eigenvalue weighted by molar-refractivity contribution is 7.80. The average Bonchev–Trinajstić information content (AvgIpc) is 3.32. The van der Waals surface area contributed by atoms with Crippen LogP contribution in [0, 0.1) is 5.92 Å². The normalized spacial score (nSPS) is 23.4. The third-order valence-corrected chi connectivity index (χ3v) is 7.34. The summed E-state index contributed by atoms with van der Waals surface area (Å²) in [5.41, 5.74) is 0.990. The van der Waals surface area contributed by atoms with Crippen molar-refractivity contribution in [2.45, 2.75) is 77.2 Å². The molecule has 2 fully saturated rings. The van der Waals surface area contributed by atoms with Crippen molar-refractivity contribution in [3.8, 4) is 0 Å². The first-order valence-electron chi connectivity index (χ1n) is 11.7. The molecule has 0 bridgehead atoms. The lowest BCUT2D eigenvalue weighted by Crippen LogP contribution is -2.41. The van der Waals surface area contributed by atoms with E-state index < -0.39 is 18.3 Å². The summed E-state index contributed by atoms with van der Waals surface area (Å²) in [6.07, 6.45) is 2.86. The second kappa shape index (κ2) is 10.7. The van der Waals surface area contributed by atoms with Gasteiger partial charge in [-0.25, -0.2) is 4.79 Å². The Morgan fingerprint density at radius 2 is 1.91 bits per heavy atom. The highest BCUT2D eigenvalue weighted by Gasteiger charge is 2.51. The van der Waals surface area contributed by atoms with Gasteiger partial charge in [0.25, 0.3) is 0 Å². The third-order valence-electron chi connectivity index (χ3n) is 7.11. The quantitative estimate of drug-likeness (QED) is 0.445. The summed E-state index contributed by atoms with van der Waals surface area (Å²) in [5.74, 6) is 0.961. The van der Waals surface area contributed by atoms with E-state index in [0.29, 0.717) is 24.6 Å². The van der Waals surface area contributed by atoms with Crippen LogP contribution in [0.15, 0.2) is 24.3 Å². The maximum absolute atomic E-state index is 12.6. The molecule has 1 N–H and O–H groups in total. The van der Waals surface area contributed by atoms with Gasteiger partial charge in [0.2, 0.25) is 5.91 Å². The topological polar surface area (TPSA) is 77.1 Å². The predicted octanol–water partition coefficient (Wildman–Crippen LogP) is 3.16. The van der Waals surface area contributed by atoms with Crippen LogP contribution in [0.4, 0.5) is 4.79 Å². The summed E-state index contributed by atoms with van der Waals surface area (Å²) >= 11 is 4.08. The van der Waals surface area contributed by atoms with Crippen molar-refractivity contribution in [1.82, 2.24) is 10.2 Å². The van der Waals surface area contributed by atoms with E-state index >= 15 is 0 Å². The van der Waals surface area contributed by atoms with Crippen LogP contribution in [0.5, 0.6) is 0 Å². The van der Waals surface area contributed by atoms with Crippen molar-refractivity contribution in [3.05, 3.63) is 29.8 Å². The Labute approximate surface area is 203 Å². The fourth-order valence-electron chi connectivity index (χ4n) is 4.24. The molecule has 0 spiro atoms. The summed E-state index contributed by atoms with van der Waals surface area (Å²) in [6, 6.07) is 7.92. The summed E-state index contributed by atoms with van der Waals surface area (Å²) in [7, 11) is 1.34. The van der Waals surface area contributed by atoms with Crippen LogP contribution in [-0.4, -0.2) is 60.6 Å². The maximum atomic E-state index is 12.6. The standard InChI is InChI=1S/C24H37BN2O5S/c1-23(2)24(3,4)32-25(31-23)19-8-6-7-18(13-19)16-30-22(29)27(5)20-10-9-17(14-20)15-26-21(28)11-12-33/h6-8,13,17,20,33H,9-12,14-16H2,1-5H3,(H,26,28). The first-order valence-corrected chi connectivity index (χ1v) is 12.4. The molecule has 2 atom stereocenters. The number of nitrogens with zero attached hydrogens (tertiary/aromatic N) is 1. The first-order chi connectivity index (χ1) is 15.5. The highest BCUT2D eigenvalue weighted by Crippen LogP contribution is 2.36. The Hall–Kier alpha value is -1.71. The molecule has 1 aliphatic carbocycles. The predicted molar refractivity (Wildman–Crippen MR) is 133 cm³/mol. The second-order valence-corrected chi connectivity index (χ2v) is 10.6. The fraction of sp³-hybridized carbons (Fsp3) is 0.667. The van der Waals surface area contributed by atoms with Crippen molar-refractivity contribution in [2.24, 2.45) is 5.92 Å². The molecule has 1 aromatic carbocycles. The van der Waals surface area contributed by atoms with Gasteiger partial charge in [-0.1, -0.05) is 24.3 Å². The Morgan fingerprint density at radius 3 is 2.58 bits per heavy atom. The average molecular weight is 476 g/mol. The van der Waals surface area contributed by atoms with E-state index in [1.54, 1.807) is 11.9 Å². The molecule has 9 heteroatoms. The van der Waals surface area contributed by atoms with Crippen molar-refractivity contribution < 1.29 is 23.6 Å². The number of hydrogen-bond acceptors (Lipinski definition) is 6. The summed E-state index contributed by atoms with van der Waals surface area (Å²) < 4.78 is 17.8. The number of nitrogens with one attached hydrogen (secondary N) is 1. The minimum absolute atomic E-state index is 0.0315. The molecule has 1 saturated heterocycles. The van der Waals surface area contributed by atoms with Gasteiger partial charge in [-0.15, -0.1) is 0 Å². The minimum Gasteiger partial charge on any atom is -0.445 e. The number of rotatable bonds is 8. The van der Waals surface area contributed by atoms with Crippen molar-refractivity contribution in [1.29, 1.82) is 0 Å². The van der Waals surface area contributed by atoms with Gasteiger partial charge in [0.1, 0.15) is 6.61 Å². The molecular weight excluding hydrogens is 439 g/mol. The van der Waals surface area contributed by atoms with E-state index in [2.05, 4.69) is 17.9 Å². The van der Waals surface area contributed by atoms with E-state index in [-0.39, 0.29) is 24.6 Å². The lowest BCUT2D eigenvalue weighted by molar-refractivity contribution is -0.120. The molecule has 2 aliphatic rings. The number of amides is 2. The van der Waals surface area contributed by atoms with Gasteiger partial charge in [0.15, 0.2) is 0 Å². The van der Waals surface area contributed by atoms with Crippen LogP contribution >= 0.6 is 12.6 Å². The van der Waals surface area contributed by atoms with E-state index in [9.17, 15) is 9.59 Å². The van der Waals surface area contributed by atoms with Crippen molar-refractivity contribution >= 4 is 37.2 Å². The number of hydrogen-bond donors (Lipinski definition) is 2. The van der Waals surface area contributed by atoms with Crippen LogP contribution in [0.1, 0.15) is 58.9 Å². The van der Waals surface area contributed by atoms with Gasteiger partial charge >= 0.3 is 13.2 Å². The molecule has 0 radical (unpaired) electrons. The number of thiol groups is 1. The summed E-state index contributed by atoms with van der Waals surface area (Å²) in [5, 5.41) is 2.96. The van der Waals surface area contributed by atoms with Crippen LogP contribution in [0.2, 0.25) is 0 Å². The SMILES string of the molecule is CN(C(=O)OCc1cccc(B2OC(C)(C)C(C)(C)O2)c1)C1CCC(CNC(=O)CCS)C1. The molecule has 182 valence electrons. The number of benzene rings is 1. The van der Waals surface area contributed by atoms with E-state index in [0.717, 1.165) is 30.3 Å². The summed E-state index contributed by atoms with van der Waals surface area (Å²) in [6.45, 7) is 8.94. The van der Waals surface area contributed by atoms with Crippen LogP contribution in [0.3, 0.4) is 0 Å². The molecule has 2 unspecified atom stereocenters. The molecule has 0 aromatic heterocycles. The van der Waals surface area contributed by atoms with Gasteiger partial charge in [0.05, 0.1) is 11.2 Å². The Kier molecular flexibility index (Phi) is 8.40. The maximum Gasteiger partial charge on any atom is 0.494 e. The largest absolute Gasteiger partial charge is 0.494 e. The zero-order valence-corrected chi connectivity index (χ0v) is 21.3. The minimum atomic E-state index is -0.447. The Bertz CT molecular complexity index is 834. The summed E-state index contributed by atoms with van der Waals surface area (Å²) in [4.78, 5) is 26.0. The van der Waals surface area contributed by atoms with E-state index in [4.69, 9.17) is 14.0 Å². The van der Waals surface area contributed by atoms with E-state index in [1.807, 2.05) is 52.0 Å². The molecule has 1 aromatic rings. The molecule has 3 rings (SSSR count). The lowest BCUT2D eigenvalue weighted by atomic mass is 9.78. The van der Waals surface area contributed by atoms with Crippen LogP contribution in [0.25, 0.3) is 0 Å². The van der Waals surface area contributed by atoms with Crippen LogP contribution < -0.4 is 10.8 Å². The van der Waals surface area contributed by atoms with Gasteiger partial charge in [0, 0.05) is 26.1 Å². The molecule has 33 heavy (non-hydrogen) atoms. The third kappa shape index (κ3) is 6.46. The van der Waals surface area contributed by atoms with Gasteiger partial charge in [-0.3, -0.25) is 4.79 Å². The fourth-order valence-corrected chi connectivity index (χ4v) is 4.44. The zero-order valence-electron chi connectivity index (χ0n) is 20.4. The molecule has 2 amide bonds. The Balaban J connectivity index is 1.48. The lowest BCUT2D eigenvalue weighted by Gasteiger charge is -2.32.